The maximum absolute atomic E-state index is 11.7. The minimum Gasteiger partial charge on any atom is -0.480 e. The first kappa shape index (κ1) is 20.1. The van der Waals surface area contributed by atoms with Gasteiger partial charge in [-0.05, 0) is 20.3 Å². The van der Waals surface area contributed by atoms with Crippen molar-refractivity contribution < 1.29 is 19.5 Å². The van der Waals surface area contributed by atoms with E-state index in [-0.39, 0.29) is 42.2 Å². The van der Waals surface area contributed by atoms with E-state index in [1.807, 2.05) is 0 Å². The Morgan fingerprint density at radius 2 is 1.76 bits per heavy atom. The van der Waals surface area contributed by atoms with Gasteiger partial charge in [0.2, 0.25) is 11.8 Å². The lowest BCUT2D eigenvalue weighted by molar-refractivity contribution is -0.138. The summed E-state index contributed by atoms with van der Waals surface area (Å²) in [6, 6.07) is -1.05. The summed E-state index contributed by atoms with van der Waals surface area (Å²) in [6.07, 6.45) is 0.186. The Balaban J connectivity index is 3.91. The van der Waals surface area contributed by atoms with Gasteiger partial charge in [0.1, 0.15) is 6.04 Å². The highest BCUT2D eigenvalue weighted by Gasteiger charge is 2.25. The van der Waals surface area contributed by atoms with Gasteiger partial charge in [-0.2, -0.15) is 25.3 Å². The SMILES string of the molecule is CC(C)(NC(=O)CCNC(=O)CCC(N)C(=O)O)C(S)S. The van der Waals surface area contributed by atoms with E-state index in [1.165, 1.54) is 0 Å². The number of hydrogen-bond acceptors (Lipinski definition) is 6. The molecule has 0 heterocycles. The number of aliphatic carboxylic acids is 1. The predicted molar refractivity (Wildman–Crippen MR) is 86.5 cm³/mol. The number of thiol groups is 2. The van der Waals surface area contributed by atoms with Crippen LogP contribution in [0.15, 0.2) is 0 Å². The van der Waals surface area contributed by atoms with Crippen molar-refractivity contribution in [3.63, 3.8) is 0 Å². The standard InChI is InChI=1S/C12H23N3O4S2/c1-12(2,11(20)21)15-9(17)5-6-14-8(16)4-3-7(13)10(18)19/h7,11,20-21H,3-6,13H2,1-2H3,(H,14,16)(H,15,17)(H,18,19). The first-order valence-electron chi connectivity index (χ1n) is 6.48. The second kappa shape index (κ2) is 9.16. The third-order valence-electron chi connectivity index (χ3n) is 2.78. The number of hydrogen-bond donors (Lipinski definition) is 6. The van der Waals surface area contributed by atoms with E-state index in [0.29, 0.717) is 0 Å². The van der Waals surface area contributed by atoms with E-state index >= 15 is 0 Å². The van der Waals surface area contributed by atoms with Crippen LogP contribution in [0.4, 0.5) is 0 Å². The van der Waals surface area contributed by atoms with Crippen LogP contribution in [0.5, 0.6) is 0 Å². The number of nitrogens with two attached hydrogens (primary N) is 1. The zero-order valence-electron chi connectivity index (χ0n) is 12.1. The van der Waals surface area contributed by atoms with E-state index in [9.17, 15) is 14.4 Å². The van der Waals surface area contributed by atoms with Crippen LogP contribution in [0, 0.1) is 0 Å². The van der Waals surface area contributed by atoms with Crippen LogP contribution in [-0.4, -0.2) is 45.6 Å². The maximum Gasteiger partial charge on any atom is 0.320 e. The molecule has 0 bridgehead atoms. The molecule has 0 radical (unpaired) electrons. The van der Waals surface area contributed by atoms with E-state index in [0.717, 1.165) is 0 Å². The van der Waals surface area contributed by atoms with Crippen molar-refractivity contribution in [3.05, 3.63) is 0 Å². The number of amides is 2. The van der Waals surface area contributed by atoms with Crippen molar-refractivity contribution in [1.82, 2.24) is 10.6 Å². The van der Waals surface area contributed by atoms with Crippen LogP contribution in [-0.2, 0) is 14.4 Å². The second-order valence-electron chi connectivity index (χ2n) is 5.23. The third kappa shape index (κ3) is 8.84. The number of carbonyl (C=O) groups excluding carboxylic acids is 2. The molecule has 2 amide bonds. The highest BCUT2D eigenvalue weighted by atomic mass is 32.2. The van der Waals surface area contributed by atoms with Gasteiger partial charge in [0.25, 0.3) is 0 Å². The Kier molecular flexibility index (Phi) is 8.76. The molecule has 0 aliphatic carbocycles. The lowest BCUT2D eigenvalue weighted by Crippen LogP contribution is -2.48. The fourth-order valence-electron chi connectivity index (χ4n) is 1.30. The Morgan fingerprint density at radius 3 is 2.24 bits per heavy atom. The first-order chi connectivity index (χ1) is 9.56. The number of nitrogens with one attached hydrogen (secondary N) is 2. The molecule has 0 aromatic carbocycles. The average Bonchev–Trinajstić information content (AvgIpc) is 2.34. The first-order valence-corrected chi connectivity index (χ1v) is 7.51. The molecule has 122 valence electrons. The molecule has 9 heteroatoms. The smallest absolute Gasteiger partial charge is 0.320 e. The quantitative estimate of drug-likeness (QED) is 0.256. The van der Waals surface area contributed by atoms with Crippen molar-refractivity contribution in [2.75, 3.05) is 6.54 Å². The summed E-state index contributed by atoms with van der Waals surface area (Å²) in [4.78, 5) is 33.6. The molecule has 21 heavy (non-hydrogen) atoms. The van der Waals surface area contributed by atoms with Crippen molar-refractivity contribution in [2.24, 2.45) is 5.73 Å². The summed E-state index contributed by atoms with van der Waals surface area (Å²) in [7, 11) is 0. The number of carbonyl (C=O) groups is 3. The molecule has 0 aliphatic rings. The van der Waals surface area contributed by atoms with Gasteiger partial charge in [0.05, 0.1) is 10.1 Å². The van der Waals surface area contributed by atoms with E-state index in [2.05, 4.69) is 35.9 Å². The topological polar surface area (TPSA) is 122 Å². The van der Waals surface area contributed by atoms with Crippen LogP contribution < -0.4 is 16.4 Å². The number of rotatable bonds is 9. The third-order valence-corrected chi connectivity index (χ3v) is 4.07. The van der Waals surface area contributed by atoms with Crippen LogP contribution in [0.2, 0.25) is 0 Å². The summed E-state index contributed by atoms with van der Waals surface area (Å²) in [5.74, 6) is -1.70. The van der Waals surface area contributed by atoms with E-state index in [1.54, 1.807) is 13.8 Å². The van der Waals surface area contributed by atoms with Gasteiger partial charge in [-0.1, -0.05) is 0 Å². The molecule has 0 fully saturated rings. The van der Waals surface area contributed by atoms with Crippen LogP contribution in [0.25, 0.3) is 0 Å². The molecule has 0 aromatic heterocycles. The average molecular weight is 337 g/mol. The fourth-order valence-corrected chi connectivity index (χ4v) is 1.43. The zero-order chi connectivity index (χ0) is 16.6. The number of carboxylic acids is 1. The van der Waals surface area contributed by atoms with Gasteiger partial charge in [-0.15, -0.1) is 0 Å². The highest BCUT2D eigenvalue weighted by molar-refractivity contribution is 7.99. The van der Waals surface area contributed by atoms with E-state index in [4.69, 9.17) is 10.8 Å². The van der Waals surface area contributed by atoms with Crippen molar-refractivity contribution in [1.29, 1.82) is 0 Å². The van der Waals surface area contributed by atoms with Gasteiger partial charge in [-0.25, -0.2) is 0 Å². The second-order valence-corrected chi connectivity index (χ2v) is 6.67. The normalized spacial score (nSPS) is 12.9. The molecule has 1 unspecified atom stereocenters. The lowest BCUT2D eigenvalue weighted by atomic mass is 10.1. The monoisotopic (exact) mass is 337 g/mol. The Morgan fingerprint density at radius 1 is 1.19 bits per heavy atom. The summed E-state index contributed by atoms with van der Waals surface area (Å²) in [5.41, 5.74) is 4.71. The summed E-state index contributed by atoms with van der Waals surface area (Å²) in [6.45, 7) is 3.76. The highest BCUT2D eigenvalue weighted by Crippen LogP contribution is 2.18. The Bertz CT molecular complexity index is 389. The minimum absolute atomic E-state index is 0.00985. The van der Waals surface area contributed by atoms with Gasteiger partial charge < -0.3 is 21.5 Å². The van der Waals surface area contributed by atoms with Gasteiger partial charge in [-0.3, -0.25) is 14.4 Å². The molecule has 5 N–H and O–H groups in total. The van der Waals surface area contributed by atoms with Crippen molar-refractivity contribution in [2.45, 2.75) is 49.3 Å². The summed E-state index contributed by atoms with van der Waals surface area (Å²) >= 11 is 8.32. The molecular formula is C12H23N3O4S2. The largest absolute Gasteiger partial charge is 0.480 e. The molecular weight excluding hydrogens is 314 g/mol. The van der Waals surface area contributed by atoms with Crippen molar-refractivity contribution in [3.8, 4) is 0 Å². The lowest BCUT2D eigenvalue weighted by Gasteiger charge is -2.29. The maximum atomic E-state index is 11.7. The molecule has 0 spiro atoms. The van der Waals surface area contributed by atoms with Crippen molar-refractivity contribution >= 4 is 43.0 Å². The van der Waals surface area contributed by atoms with E-state index < -0.39 is 17.6 Å². The van der Waals surface area contributed by atoms with Gasteiger partial charge >= 0.3 is 5.97 Å². The predicted octanol–water partition coefficient (Wildman–Crippen LogP) is -0.235. The molecule has 1 atom stereocenters. The summed E-state index contributed by atoms with van der Waals surface area (Å²) < 4.78 is -0.312. The zero-order valence-corrected chi connectivity index (χ0v) is 13.9. The molecule has 0 saturated carbocycles. The fraction of sp³-hybridized carbons (Fsp3) is 0.750. The molecule has 0 rings (SSSR count). The molecule has 0 aliphatic heterocycles. The Hall–Kier alpha value is -0.930. The Labute approximate surface area is 135 Å². The summed E-state index contributed by atoms with van der Waals surface area (Å²) in [5, 5.41) is 13.9. The van der Waals surface area contributed by atoms with Crippen LogP contribution in [0.1, 0.15) is 33.1 Å². The van der Waals surface area contributed by atoms with Crippen LogP contribution in [0.3, 0.4) is 0 Å². The molecule has 7 nitrogen and oxygen atoms in total. The van der Waals surface area contributed by atoms with Crippen LogP contribution >= 0.6 is 25.3 Å². The van der Waals surface area contributed by atoms with Gasteiger partial charge in [0.15, 0.2) is 0 Å². The number of carboxylic acid groups (broad SMARTS) is 1. The minimum atomic E-state index is -1.14. The molecule has 0 saturated heterocycles. The van der Waals surface area contributed by atoms with Gasteiger partial charge in [0, 0.05) is 19.4 Å². The molecule has 0 aromatic rings.